The second-order valence-electron chi connectivity index (χ2n) is 1.23. The summed E-state index contributed by atoms with van der Waals surface area (Å²) in [7, 11) is 0. The van der Waals surface area contributed by atoms with Gasteiger partial charge in [-0.1, -0.05) is 19.2 Å². The highest BCUT2D eigenvalue weighted by molar-refractivity contribution is 5.55. The molecule has 0 aromatic rings. The molecule has 38 valence electrons. The zero-order chi connectivity index (χ0) is 5.70. The third-order valence-corrected chi connectivity index (χ3v) is 0.634. The van der Waals surface area contributed by atoms with Crippen molar-refractivity contribution in [2.75, 3.05) is 0 Å². The molecule has 0 aliphatic heterocycles. The molecule has 0 heterocycles. The minimum atomic E-state index is 0.406. The van der Waals surface area contributed by atoms with Crippen LogP contribution in [0.3, 0.4) is 0 Å². The number of carbonyl (C=O) groups is 1. The molecule has 0 amide bonds. The normalized spacial score (nSPS) is 7.43. The Morgan fingerprint density at radius 1 is 1.71 bits per heavy atom. The Hall–Kier alpha value is -0.850. The lowest BCUT2D eigenvalue weighted by Gasteiger charge is -1.83. The molecule has 0 rings (SSSR count). The van der Waals surface area contributed by atoms with Crippen LogP contribution in [-0.2, 0) is 4.79 Å². The van der Waals surface area contributed by atoms with Crippen molar-refractivity contribution in [3.8, 4) is 0 Å². The fourth-order valence-electron chi connectivity index (χ4n) is 0.190. The Morgan fingerprint density at radius 2 is 2.29 bits per heavy atom. The molecular formula is C6H8O. The van der Waals surface area contributed by atoms with Crippen LogP contribution in [0.2, 0.25) is 0 Å². The van der Waals surface area contributed by atoms with Crippen LogP contribution in [0.1, 0.15) is 6.42 Å². The highest BCUT2D eigenvalue weighted by Crippen LogP contribution is 1.92. The van der Waals surface area contributed by atoms with Crippen molar-refractivity contribution in [1.29, 1.82) is 0 Å². The van der Waals surface area contributed by atoms with Crippen LogP contribution in [0.25, 0.3) is 0 Å². The van der Waals surface area contributed by atoms with Gasteiger partial charge in [-0.3, -0.25) is 0 Å². The number of carbonyl (C=O) groups excluding carboxylic acids is 1. The van der Waals surface area contributed by atoms with E-state index in [1.54, 1.807) is 6.08 Å². The smallest absolute Gasteiger partial charge is 0.124 e. The molecule has 0 aromatic carbocycles. The van der Waals surface area contributed by atoms with Crippen molar-refractivity contribution in [3.05, 3.63) is 24.8 Å². The molecule has 0 aliphatic carbocycles. The molecule has 7 heavy (non-hydrogen) atoms. The number of rotatable bonds is 3. The molecule has 0 saturated heterocycles. The van der Waals surface area contributed by atoms with E-state index in [1.165, 1.54) is 0 Å². The highest BCUT2D eigenvalue weighted by Gasteiger charge is 1.79. The van der Waals surface area contributed by atoms with E-state index in [9.17, 15) is 4.79 Å². The van der Waals surface area contributed by atoms with E-state index in [-0.39, 0.29) is 0 Å². The second-order valence-corrected chi connectivity index (χ2v) is 1.23. The molecule has 1 heteroatoms. The summed E-state index contributed by atoms with van der Waals surface area (Å²) in [4.78, 5) is 9.67. The molecule has 0 aliphatic rings. The minimum absolute atomic E-state index is 0.406. The molecule has 0 radical (unpaired) electrons. The minimum Gasteiger partial charge on any atom is -0.303 e. The SMILES string of the molecule is C=CC(=C)CC=O. The Morgan fingerprint density at radius 3 is 2.43 bits per heavy atom. The molecule has 0 aromatic heterocycles. The summed E-state index contributed by atoms with van der Waals surface area (Å²) in [6.07, 6.45) is 2.79. The summed E-state index contributed by atoms with van der Waals surface area (Å²) < 4.78 is 0. The first-order valence-electron chi connectivity index (χ1n) is 2.05. The largest absolute Gasteiger partial charge is 0.303 e. The van der Waals surface area contributed by atoms with E-state index < -0.39 is 0 Å². The lowest BCUT2D eigenvalue weighted by molar-refractivity contribution is -0.107. The molecule has 1 nitrogen and oxygen atoms in total. The Labute approximate surface area is 43.3 Å². The van der Waals surface area contributed by atoms with Crippen molar-refractivity contribution in [2.24, 2.45) is 0 Å². The van der Waals surface area contributed by atoms with Crippen LogP contribution in [0.5, 0.6) is 0 Å². The maximum Gasteiger partial charge on any atom is 0.124 e. The summed E-state index contributed by atoms with van der Waals surface area (Å²) in [5.74, 6) is 0. The molecule has 0 atom stereocenters. The van der Waals surface area contributed by atoms with Crippen molar-refractivity contribution in [1.82, 2.24) is 0 Å². The highest BCUT2D eigenvalue weighted by atomic mass is 16.1. The molecule has 0 bridgehead atoms. The van der Waals surface area contributed by atoms with E-state index in [0.29, 0.717) is 6.42 Å². The van der Waals surface area contributed by atoms with Gasteiger partial charge in [-0.15, -0.1) is 0 Å². The van der Waals surface area contributed by atoms with Gasteiger partial charge < -0.3 is 4.79 Å². The first kappa shape index (κ1) is 6.15. The number of hydrogen-bond acceptors (Lipinski definition) is 1. The Kier molecular flexibility index (Phi) is 2.94. The van der Waals surface area contributed by atoms with Crippen LogP contribution in [0.15, 0.2) is 24.8 Å². The monoisotopic (exact) mass is 96.1 g/mol. The molecule has 0 saturated carbocycles. The van der Waals surface area contributed by atoms with Gasteiger partial charge in [-0.2, -0.15) is 0 Å². The fourth-order valence-corrected chi connectivity index (χ4v) is 0.190. The number of aldehydes is 1. The molecule has 0 unspecified atom stereocenters. The maximum absolute atomic E-state index is 9.67. The molecule has 0 N–H and O–H groups in total. The van der Waals surface area contributed by atoms with Gasteiger partial charge in [0.15, 0.2) is 0 Å². The van der Waals surface area contributed by atoms with E-state index >= 15 is 0 Å². The summed E-state index contributed by atoms with van der Waals surface area (Å²) in [5.41, 5.74) is 0.773. The van der Waals surface area contributed by atoms with E-state index in [2.05, 4.69) is 13.2 Å². The molecular weight excluding hydrogens is 88.1 g/mol. The van der Waals surface area contributed by atoms with Gasteiger partial charge in [-0.05, 0) is 5.57 Å². The van der Waals surface area contributed by atoms with Gasteiger partial charge in [0.1, 0.15) is 6.29 Å². The van der Waals surface area contributed by atoms with Crippen molar-refractivity contribution < 1.29 is 4.79 Å². The van der Waals surface area contributed by atoms with Crippen molar-refractivity contribution >= 4 is 6.29 Å². The number of allylic oxidation sites excluding steroid dienone is 2. The van der Waals surface area contributed by atoms with Crippen LogP contribution in [0.4, 0.5) is 0 Å². The van der Waals surface area contributed by atoms with Crippen LogP contribution < -0.4 is 0 Å². The van der Waals surface area contributed by atoms with E-state index in [0.717, 1.165) is 11.9 Å². The Bertz CT molecular complexity index is 92.4. The summed E-state index contributed by atoms with van der Waals surface area (Å²) in [6.45, 7) is 6.93. The second kappa shape index (κ2) is 3.34. The first-order chi connectivity index (χ1) is 3.31. The van der Waals surface area contributed by atoms with Gasteiger partial charge >= 0.3 is 0 Å². The van der Waals surface area contributed by atoms with Crippen LogP contribution in [-0.4, -0.2) is 6.29 Å². The first-order valence-corrected chi connectivity index (χ1v) is 2.05. The summed E-state index contributed by atoms with van der Waals surface area (Å²) >= 11 is 0. The third-order valence-electron chi connectivity index (χ3n) is 0.634. The predicted octanol–water partition coefficient (Wildman–Crippen LogP) is 1.32. The zero-order valence-corrected chi connectivity index (χ0v) is 4.18. The average Bonchev–Trinajstić information content (AvgIpc) is 1.68. The number of hydrogen-bond donors (Lipinski definition) is 0. The molecule has 0 fully saturated rings. The van der Waals surface area contributed by atoms with Gasteiger partial charge in [0, 0.05) is 6.42 Å². The van der Waals surface area contributed by atoms with Crippen molar-refractivity contribution in [3.63, 3.8) is 0 Å². The van der Waals surface area contributed by atoms with Gasteiger partial charge in [-0.25, -0.2) is 0 Å². The van der Waals surface area contributed by atoms with Gasteiger partial charge in [0.05, 0.1) is 0 Å². The van der Waals surface area contributed by atoms with E-state index in [4.69, 9.17) is 0 Å². The molecule has 0 spiro atoms. The van der Waals surface area contributed by atoms with E-state index in [1.807, 2.05) is 0 Å². The average molecular weight is 96.1 g/mol. The lowest BCUT2D eigenvalue weighted by Crippen LogP contribution is -1.73. The summed E-state index contributed by atoms with van der Waals surface area (Å²) in [5, 5.41) is 0. The zero-order valence-electron chi connectivity index (χ0n) is 4.18. The Balaban J connectivity index is 3.36. The fraction of sp³-hybridized carbons (Fsp3) is 0.167. The maximum atomic E-state index is 9.67. The summed E-state index contributed by atoms with van der Waals surface area (Å²) in [6, 6.07) is 0. The van der Waals surface area contributed by atoms with Crippen molar-refractivity contribution in [2.45, 2.75) is 6.42 Å². The van der Waals surface area contributed by atoms with Gasteiger partial charge in [0.25, 0.3) is 0 Å². The lowest BCUT2D eigenvalue weighted by atomic mass is 10.2. The predicted molar refractivity (Wildman–Crippen MR) is 30.0 cm³/mol. The third kappa shape index (κ3) is 2.97. The standard InChI is InChI=1S/C6H8O/c1-3-6(2)4-5-7/h3,5H,1-2,4H2. The quantitative estimate of drug-likeness (QED) is 0.382. The topological polar surface area (TPSA) is 17.1 Å². The van der Waals surface area contributed by atoms with Gasteiger partial charge in [0.2, 0.25) is 0 Å². The van der Waals surface area contributed by atoms with Crippen LogP contribution in [0, 0.1) is 0 Å². The van der Waals surface area contributed by atoms with Crippen LogP contribution >= 0.6 is 0 Å².